The molecule has 0 amide bonds. The molecule has 2 atom stereocenters. The largest absolute Gasteiger partial charge is 0.389 e. The van der Waals surface area contributed by atoms with Crippen molar-refractivity contribution in [2.45, 2.75) is 69.3 Å². The van der Waals surface area contributed by atoms with Crippen molar-refractivity contribution in [3.05, 3.63) is 65.2 Å². The molecule has 2 aliphatic carbocycles. The standard InChI is InChI=1S/C28H36FN3O/c1-19(2)25-22-9-8-21(29)18-20(22)10-11-28(25,33)15-17-32(3)16-14-27(12-13-27)26-30-23-6-4-5-7-24(23)31-26/h4-9,18-19,25,33H,10-17H2,1-3H3,(H,30,31)/t25-,28-/m0/s1. The summed E-state index contributed by atoms with van der Waals surface area (Å²) in [6.45, 7) is 6.18. The van der Waals surface area contributed by atoms with E-state index in [1.807, 2.05) is 18.2 Å². The fraction of sp³-hybridized carbons (Fsp3) is 0.536. The number of nitrogens with zero attached hydrogens (tertiary/aromatic N) is 2. The molecule has 0 aliphatic heterocycles. The summed E-state index contributed by atoms with van der Waals surface area (Å²) in [6, 6.07) is 13.3. The molecule has 0 radical (unpaired) electrons. The molecular weight excluding hydrogens is 413 g/mol. The molecule has 1 aromatic heterocycles. The van der Waals surface area contributed by atoms with Crippen LogP contribution in [-0.2, 0) is 11.8 Å². The molecule has 5 rings (SSSR count). The van der Waals surface area contributed by atoms with Gasteiger partial charge >= 0.3 is 0 Å². The number of aromatic nitrogens is 2. The molecule has 3 aromatic rings. The molecule has 1 heterocycles. The summed E-state index contributed by atoms with van der Waals surface area (Å²) in [4.78, 5) is 10.8. The lowest BCUT2D eigenvalue weighted by Crippen LogP contribution is -2.45. The van der Waals surface area contributed by atoms with Crippen molar-refractivity contribution in [3.8, 4) is 0 Å². The summed E-state index contributed by atoms with van der Waals surface area (Å²) in [7, 11) is 2.16. The van der Waals surface area contributed by atoms with E-state index in [1.165, 1.54) is 12.8 Å². The zero-order valence-electron chi connectivity index (χ0n) is 20.1. The van der Waals surface area contributed by atoms with Gasteiger partial charge in [-0.1, -0.05) is 32.0 Å². The van der Waals surface area contributed by atoms with Gasteiger partial charge in [-0.15, -0.1) is 0 Å². The van der Waals surface area contributed by atoms with Gasteiger partial charge in [0.15, 0.2) is 0 Å². The number of benzene rings is 2. The first-order chi connectivity index (χ1) is 15.8. The second kappa shape index (κ2) is 8.52. The first kappa shape index (κ1) is 22.5. The predicted molar refractivity (Wildman–Crippen MR) is 131 cm³/mol. The van der Waals surface area contributed by atoms with E-state index in [4.69, 9.17) is 4.98 Å². The van der Waals surface area contributed by atoms with Crippen LogP contribution in [0.2, 0.25) is 0 Å². The lowest BCUT2D eigenvalue weighted by atomic mass is 9.66. The molecule has 1 fully saturated rings. The number of nitrogens with one attached hydrogen (secondary N) is 1. The van der Waals surface area contributed by atoms with Gasteiger partial charge in [-0.05, 0) is 93.4 Å². The molecule has 0 saturated heterocycles. The molecule has 176 valence electrons. The fourth-order valence-electron chi connectivity index (χ4n) is 6.01. The van der Waals surface area contributed by atoms with E-state index in [2.05, 4.69) is 42.9 Å². The van der Waals surface area contributed by atoms with Crippen LogP contribution in [0.5, 0.6) is 0 Å². The Morgan fingerprint density at radius 3 is 2.61 bits per heavy atom. The number of H-pyrrole nitrogens is 1. The van der Waals surface area contributed by atoms with Crippen LogP contribution >= 0.6 is 0 Å². The van der Waals surface area contributed by atoms with Crippen molar-refractivity contribution < 1.29 is 9.50 Å². The number of aryl methyl sites for hydroxylation is 1. The SMILES string of the molecule is CC(C)[C@H]1c2ccc(F)cc2CC[C@]1(O)CCN(C)CCC1(c2nc3ccccc3[nH]2)CC1. The van der Waals surface area contributed by atoms with Crippen molar-refractivity contribution in [2.24, 2.45) is 5.92 Å². The van der Waals surface area contributed by atoms with Gasteiger partial charge in [0, 0.05) is 17.9 Å². The average molecular weight is 450 g/mol. The van der Waals surface area contributed by atoms with Crippen LogP contribution < -0.4 is 0 Å². The van der Waals surface area contributed by atoms with Crippen LogP contribution in [0.3, 0.4) is 0 Å². The van der Waals surface area contributed by atoms with Crippen LogP contribution in [0.25, 0.3) is 11.0 Å². The molecule has 0 unspecified atom stereocenters. The number of hydrogen-bond acceptors (Lipinski definition) is 3. The van der Waals surface area contributed by atoms with Gasteiger partial charge in [-0.3, -0.25) is 0 Å². The first-order valence-electron chi connectivity index (χ1n) is 12.4. The van der Waals surface area contributed by atoms with E-state index >= 15 is 0 Å². The van der Waals surface area contributed by atoms with Gasteiger partial charge in [0.05, 0.1) is 16.6 Å². The lowest BCUT2D eigenvalue weighted by Gasteiger charge is -2.44. The van der Waals surface area contributed by atoms with E-state index in [1.54, 1.807) is 12.1 Å². The molecule has 2 aromatic carbocycles. The molecule has 33 heavy (non-hydrogen) atoms. The molecular formula is C28H36FN3O. The molecule has 1 saturated carbocycles. The highest BCUT2D eigenvalue weighted by Crippen LogP contribution is 2.50. The molecule has 0 bridgehead atoms. The minimum atomic E-state index is -0.747. The number of rotatable bonds is 8. The Balaban J connectivity index is 1.22. The van der Waals surface area contributed by atoms with Crippen LogP contribution in [0.4, 0.5) is 4.39 Å². The number of imidazole rings is 1. The highest BCUT2D eigenvalue weighted by Gasteiger charge is 2.47. The molecule has 2 aliphatic rings. The molecule has 4 nitrogen and oxygen atoms in total. The summed E-state index contributed by atoms with van der Waals surface area (Å²) in [6.07, 6.45) is 5.63. The van der Waals surface area contributed by atoms with Gasteiger partial charge in [-0.25, -0.2) is 9.37 Å². The minimum absolute atomic E-state index is 0.0422. The van der Waals surface area contributed by atoms with Crippen LogP contribution in [0.15, 0.2) is 42.5 Å². The van der Waals surface area contributed by atoms with Crippen molar-refractivity contribution in [2.75, 3.05) is 20.1 Å². The van der Waals surface area contributed by atoms with E-state index in [-0.39, 0.29) is 17.2 Å². The maximum absolute atomic E-state index is 13.8. The van der Waals surface area contributed by atoms with E-state index in [0.717, 1.165) is 60.3 Å². The highest BCUT2D eigenvalue weighted by molar-refractivity contribution is 5.75. The van der Waals surface area contributed by atoms with Gasteiger partial charge in [0.2, 0.25) is 0 Å². The number of aromatic amines is 1. The Morgan fingerprint density at radius 2 is 1.88 bits per heavy atom. The van der Waals surface area contributed by atoms with Crippen LogP contribution in [-0.4, -0.2) is 45.7 Å². The van der Waals surface area contributed by atoms with Crippen LogP contribution in [0, 0.1) is 11.7 Å². The molecule has 5 heteroatoms. The third-order valence-electron chi connectivity index (χ3n) is 8.16. The summed E-state index contributed by atoms with van der Waals surface area (Å²) < 4.78 is 13.8. The molecule has 0 spiro atoms. The number of fused-ring (bicyclic) bond motifs is 2. The number of hydrogen-bond donors (Lipinski definition) is 2. The van der Waals surface area contributed by atoms with Gasteiger partial charge < -0.3 is 15.0 Å². The quantitative estimate of drug-likeness (QED) is 0.473. The fourth-order valence-corrected chi connectivity index (χ4v) is 6.01. The van der Waals surface area contributed by atoms with Crippen molar-refractivity contribution in [1.82, 2.24) is 14.9 Å². The Morgan fingerprint density at radius 1 is 1.12 bits per heavy atom. The van der Waals surface area contributed by atoms with E-state index in [0.29, 0.717) is 12.3 Å². The monoisotopic (exact) mass is 449 g/mol. The maximum atomic E-state index is 13.8. The zero-order chi connectivity index (χ0) is 23.2. The molecule has 2 N–H and O–H groups in total. The second-order valence-corrected chi connectivity index (χ2v) is 10.9. The third kappa shape index (κ3) is 4.33. The summed E-state index contributed by atoms with van der Waals surface area (Å²) in [5.41, 5.74) is 3.79. The van der Waals surface area contributed by atoms with E-state index < -0.39 is 5.60 Å². The zero-order valence-corrected chi connectivity index (χ0v) is 20.1. The first-order valence-corrected chi connectivity index (χ1v) is 12.4. The van der Waals surface area contributed by atoms with Gasteiger partial charge in [0.25, 0.3) is 0 Å². The summed E-state index contributed by atoms with van der Waals surface area (Å²) in [5.74, 6) is 1.29. The summed E-state index contributed by atoms with van der Waals surface area (Å²) in [5, 5.41) is 11.7. The van der Waals surface area contributed by atoms with Crippen molar-refractivity contribution in [1.29, 1.82) is 0 Å². The maximum Gasteiger partial charge on any atom is 0.123 e. The van der Waals surface area contributed by atoms with Gasteiger partial charge in [0.1, 0.15) is 11.6 Å². The number of para-hydroxylation sites is 2. The number of aliphatic hydroxyl groups is 1. The second-order valence-electron chi connectivity index (χ2n) is 10.9. The Bertz CT molecular complexity index is 1100. The number of halogens is 1. The minimum Gasteiger partial charge on any atom is -0.389 e. The summed E-state index contributed by atoms with van der Waals surface area (Å²) >= 11 is 0. The Hall–Kier alpha value is -2.24. The Kier molecular flexibility index (Phi) is 5.82. The smallest absolute Gasteiger partial charge is 0.123 e. The lowest BCUT2D eigenvalue weighted by molar-refractivity contribution is -0.0302. The van der Waals surface area contributed by atoms with Crippen LogP contribution in [0.1, 0.15) is 68.8 Å². The normalized spacial score (nSPS) is 23.9. The Labute approximate surface area is 196 Å². The predicted octanol–water partition coefficient (Wildman–Crippen LogP) is 5.56. The van der Waals surface area contributed by atoms with Crippen molar-refractivity contribution >= 4 is 11.0 Å². The van der Waals surface area contributed by atoms with E-state index in [9.17, 15) is 9.50 Å². The van der Waals surface area contributed by atoms with Crippen molar-refractivity contribution in [3.63, 3.8) is 0 Å². The average Bonchev–Trinajstić information content (AvgIpc) is 3.46. The third-order valence-corrected chi connectivity index (χ3v) is 8.16. The van der Waals surface area contributed by atoms with Gasteiger partial charge in [-0.2, -0.15) is 0 Å². The topological polar surface area (TPSA) is 52.1 Å². The highest BCUT2D eigenvalue weighted by atomic mass is 19.1.